The van der Waals surface area contributed by atoms with Crippen LogP contribution in [0.25, 0.3) is 11.1 Å². The first-order valence-electron chi connectivity index (χ1n) is 4.95. The van der Waals surface area contributed by atoms with E-state index in [4.69, 9.17) is 5.73 Å². The van der Waals surface area contributed by atoms with E-state index < -0.39 is 11.7 Å². The maximum Gasteiger partial charge on any atom is 0.416 e. The monoisotopic (exact) mass is 257 g/mol. The number of hydrogen-bond donors (Lipinski definition) is 1. The third-order valence-corrected chi connectivity index (χ3v) is 3.28. The Morgan fingerprint density at radius 3 is 2.24 bits per heavy atom. The van der Waals surface area contributed by atoms with Gasteiger partial charge < -0.3 is 5.73 Å². The normalized spacial score (nSPS) is 11.8. The molecule has 0 atom stereocenters. The number of alkyl halides is 3. The van der Waals surface area contributed by atoms with Crippen LogP contribution in [0.15, 0.2) is 35.0 Å². The van der Waals surface area contributed by atoms with Gasteiger partial charge in [-0.3, -0.25) is 0 Å². The highest BCUT2D eigenvalue weighted by Gasteiger charge is 2.30. The van der Waals surface area contributed by atoms with Crippen LogP contribution in [-0.2, 0) is 12.7 Å². The zero-order chi connectivity index (χ0) is 12.5. The molecule has 17 heavy (non-hydrogen) atoms. The van der Waals surface area contributed by atoms with Crippen molar-refractivity contribution >= 4 is 11.3 Å². The molecule has 2 aromatic rings. The van der Waals surface area contributed by atoms with E-state index in [9.17, 15) is 13.2 Å². The van der Waals surface area contributed by atoms with Gasteiger partial charge in [0.15, 0.2) is 0 Å². The average molecular weight is 257 g/mol. The molecule has 0 fully saturated rings. The van der Waals surface area contributed by atoms with E-state index in [0.29, 0.717) is 6.54 Å². The second-order valence-electron chi connectivity index (χ2n) is 3.59. The Balaban J connectivity index is 2.36. The van der Waals surface area contributed by atoms with Crippen LogP contribution in [0.4, 0.5) is 13.2 Å². The van der Waals surface area contributed by atoms with Gasteiger partial charge in [0, 0.05) is 6.54 Å². The van der Waals surface area contributed by atoms with Crippen molar-refractivity contribution in [1.29, 1.82) is 0 Å². The van der Waals surface area contributed by atoms with Crippen molar-refractivity contribution in [3.63, 3.8) is 0 Å². The van der Waals surface area contributed by atoms with Crippen LogP contribution in [0.2, 0.25) is 0 Å². The second kappa shape index (κ2) is 4.50. The molecule has 2 N–H and O–H groups in total. The van der Waals surface area contributed by atoms with Gasteiger partial charge >= 0.3 is 6.18 Å². The predicted molar refractivity (Wildman–Crippen MR) is 62.6 cm³/mol. The summed E-state index contributed by atoms with van der Waals surface area (Å²) in [6.45, 7) is 0.389. The van der Waals surface area contributed by atoms with Gasteiger partial charge in [-0.05, 0) is 39.6 Å². The van der Waals surface area contributed by atoms with Crippen LogP contribution < -0.4 is 5.73 Å². The molecule has 90 valence electrons. The number of halogens is 3. The fourth-order valence-electron chi connectivity index (χ4n) is 1.57. The Morgan fingerprint density at radius 2 is 1.71 bits per heavy atom. The van der Waals surface area contributed by atoms with Crippen molar-refractivity contribution in [2.45, 2.75) is 12.7 Å². The molecule has 0 saturated heterocycles. The van der Waals surface area contributed by atoms with Crippen LogP contribution in [-0.4, -0.2) is 0 Å². The Bertz CT molecular complexity index is 499. The molecule has 0 aliphatic carbocycles. The fourth-order valence-corrected chi connectivity index (χ4v) is 2.45. The quantitative estimate of drug-likeness (QED) is 0.867. The summed E-state index contributed by atoms with van der Waals surface area (Å²) in [5.74, 6) is 0. The van der Waals surface area contributed by atoms with E-state index in [-0.39, 0.29) is 0 Å². The highest BCUT2D eigenvalue weighted by molar-refractivity contribution is 7.08. The minimum Gasteiger partial charge on any atom is -0.326 e. The first-order valence-corrected chi connectivity index (χ1v) is 5.89. The third-order valence-electron chi connectivity index (χ3n) is 2.49. The van der Waals surface area contributed by atoms with Gasteiger partial charge in [-0.15, -0.1) is 0 Å². The molecule has 0 unspecified atom stereocenters. The van der Waals surface area contributed by atoms with Crippen molar-refractivity contribution in [3.8, 4) is 11.1 Å². The Hall–Kier alpha value is -1.33. The zero-order valence-corrected chi connectivity index (χ0v) is 9.61. The lowest BCUT2D eigenvalue weighted by Gasteiger charge is -2.07. The number of rotatable bonds is 2. The molecular formula is C12H10F3NS. The maximum atomic E-state index is 12.4. The highest BCUT2D eigenvalue weighted by Crippen LogP contribution is 2.32. The SMILES string of the molecule is NCc1cscc1-c1ccc(C(F)(F)F)cc1. The van der Waals surface area contributed by atoms with Crippen LogP contribution >= 0.6 is 11.3 Å². The summed E-state index contributed by atoms with van der Waals surface area (Å²) in [5.41, 5.74) is 7.55. The summed E-state index contributed by atoms with van der Waals surface area (Å²) < 4.78 is 37.2. The van der Waals surface area contributed by atoms with E-state index in [0.717, 1.165) is 28.8 Å². The molecule has 0 radical (unpaired) electrons. The minimum absolute atomic E-state index is 0.389. The van der Waals surface area contributed by atoms with Crippen molar-refractivity contribution in [2.75, 3.05) is 0 Å². The molecule has 0 aliphatic rings. The summed E-state index contributed by atoms with van der Waals surface area (Å²) in [5, 5.41) is 3.80. The molecule has 0 amide bonds. The van der Waals surface area contributed by atoms with Gasteiger partial charge in [-0.25, -0.2) is 0 Å². The summed E-state index contributed by atoms with van der Waals surface area (Å²) in [6, 6.07) is 5.13. The zero-order valence-electron chi connectivity index (χ0n) is 8.79. The minimum atomic E-state index is -4.29. The molecule has 1 heterocycles. The van der Waals surface area contributed by atoms with Gasteiger partial charge in [0.1, 0.15) is 0 Å². The highest BCUT2D eigenvalue weighted by atomic mass is 32.1. The molecule has 5 heteroatoms. The first-order chi connectivity index (χ1) is 8.02. The number of thiophene rings is 1. The van der Waals surface area contributed by atoms with Gasteiger partial charge in [0.05, 0.1) is 5.56 Å². The summed E-state index contributed by atoms with van der Waals surface area (Å²) in [6.07, 6.45) is -4.29. The van der Waals surface area contributed by atoms with Gasteiger partial charge in [0.2, 0.25) is 0 Å². The lowest BCUT2D eigenvalue weighted by Crippen LogP contribution is -2.04. The van der Waals surface area contributed by atoms with E-state index in [1.54, 1.807) is 0 Å². The molecule has 0 spiro atoms. The summed E-state index contributed by atoms with van der Waals surface area (Å²) in [4.78, 5) is 0. The van der Waals surface area contributed by atoms with Crippen molar-refractivity contribution < 1.29 is 13.2 Å². The summed E-state index contributed by atoms with van der Waals surface area (Å²) in [7, 11) is 0. The lowest BCUT2D eigenvalue weighted by atomic mass is 10.0. The summed E-state index contributed by atoms with van der Waals surface area (Å²) >= 11 is 1.49. The molecule has 1 aromatic heterocycles. The standard InChI is InChI=1S/C12H10F3NS/c13-12(14,15)10-3-1-8(2-4-10)11-7-17-6-9(11)5-16/h1-4,6-7H,5,16H2. The van der Waals surface area contributed by atoms with Crippen LogP contribution in [0.1, 0.15) is 11.1 Å². The Morgan fingerprint density at radius 1 is 1.06 bits per heavy atom. The van der Waals surface area contributed by atoms with E-state index in [2.05, 4.69) is 0 Å². The van der Waals surface area contributed by atoms with Gasteiger partial charge in [-0.1, -0.05) is 12.1 Å². The van der Waals surface area contributed by atoms with E-state index in [1.165, 1.54) is 23.5 Å². The predicted octanol–water partition coefficient (Wildman–Crippen LogP) is 3.89. The van der Waals surface area contributed by atoms with Gasteiger partial charge in [-0.2, -0.15) is 24.5 Å². The van der Waals surface area contributed by atoms with Crippen LogP contribution in [0.3, 0.4) is 0 Å². The Labute approximate surface area is 101 Å². The molecular weight excluding hydrogens is 247 g/mol. The number of hydrogen-bond acceptors (Lipinski definition) is 2. The molecule has 0 saturated carbocycles. The van der Waals surface area contributed by atoms with Crippen LogP contribution in [0, 0.1) is 0 Å². The first kappa shape index (κ1) is 12.1. The molecule has 0 aliphatic heterocycles. The van der Waals surface area contributed by atoms with E-state index in [1.807, 2.05) is 10.8 Å². The van der Waals surface area contributed by atoms with E-state index >= 15 is 0 Å². The molecule has 1 nitrogen and oxygen atoms in total. The smallest absolute Gasteiger partial charge is 0.326 e. The topological polar surface area (TPSA) is 26.0 Å². The molecule has 2 rings (SSSR count). The van der Waals surface area contributed by atoms with Crippen molar-refractivity contribution in [1.82, 2.24) is 0 Å². The lowest BCUT2D eigenvalue weighted by molar-refractivity contribution is -0.137. The van der Waals surface area contributed by atoms with Crippen LogP contribution in [0.5, 0.6) is 0 Å². The largest absolute Gasteiger partial charge is 0.416 e. The Kier molecular flexibility index (Phi) is 3.22. The van der Waals surface area contributed by atoms with Crippen molar-refractivity contribution in [3.05, 3.63) is 46.2 Å². The van der Waals surface area contributed by atoms with Gasteiger partial charge in [0.25, 0.3) is 0 Å². The second-order valence-corrected chi connectivity index (χ2v) is 4.33. The molecule has 0 bridgehead atoms. The molecule has 1 aromatic carbocycles. The fraction of sp³-hybridized carbons (Fsp3) is 0.167. The maximum absolute atomic E-state index is 12.4. The van der Waals surface area contributed by atoms with Crippen molar-refractivity contribution in [2.24, 2.45) is 5.73 Å². The third kappa shape index (κ3) is 2.50. The number of benzene rings is 1. The number of nitrogens with two attached hydrogens (primary N) is 1. The average Bonchev–Trinajstić information content (AvgIpc) is 2.76.